The average molecular weight is 666 g/mol. The number of nitrogens with zero attached hydrogens (tertiary/aromatic N) is 2. The molecule has 3 aromatic carbocycles. The molecule has 0 aliphatic carbocycles. The third-order valence-corrected chi connectivity index (χ3v) is 8.32. The molecule has 10 nitrogen and oxygen atoms in total. The summed E-state index contributed by atoms with van der Waals surface area (Å²) in [4.78, 5) is 52.7. The van der Waals surface area contributed by atoms with E-state index in [0.29, 0.717) is 28.4 Å². The van der Waals surface area contributed by atoms with Gasteiger partial charge in [-0.1, -0.05) is 48.0 Å². The van der Waals surface area contributed by atoms with Gasteiger partial charge in [0, 0.05) is 48.2 Å². The van der Waals surface area contributed by atoms with Crippen LogP contribution in [-0.4, -0.2) is 69.0 Å². The van der Waals surface area contributed by atoms with Crippen LogP contribution >= 0.6 is 11.6 Å². The van der Waals surface area contributed by atoms with Crippen molar-refractivity contribution in [2.24, 2.45) is 0 Å². The lowest BCUT2D eigenvalue weighted by Gasteiger charge is -2.24. The fraction of sp³-hybridized carbons (Fsp3) is 0.273. The SMILES string of the molecule is CC(=O)c1cn(CC(=O)N2C[C@H](F)C[C@H]2C(=O)NCc2cccc(Cl)c2F)c2cc(OC(=O)CCc3ccc(B(O)O)cc3)ccc12. The number of nitrogens with one attached hydrogen (secondary N) is 1. The molecule has 244 valence electrons. The molecule has 0 unspecified atom stereocenters. The Morgan fingerprint density at radius 3 is 2.53 bits per heavy atom. The standard InChI is InChI=1S/C33H31BClF2N3O7/c1-19(41)26-17-39(18-30(42)40-16-23(36)13-29(40)33(44)38-15-21-3-2-4-27(35)32(21)37)28-14-24(10-11-25(26)28)47-31(43)12-7-20-5-8-22(9-6-20)34(45)46/h2-6,8-11,14,17,23,29,45-46H,7,12-13,15-16,18H2,1H3,(H,38,44)/t23-,29+/m1/s1. The van der Waals surface area contributed by atoms with E-state index in [1.165, 1.54) is 48.0 Å². The number of benzene rings is 3. The van der Waals surface area contributed by atoms with Crippen molar-refractivity contribution >= 4 is 58.7 Å². The number of likely N-dealkylation sites (tertiary alicyclic amines) is 1. The maximum Gasteiger partial charge on any atom is 0.488 e. The number of halogens is 3. The van der Waals surface area contributed by atoms with E-state index in [0.717, 1.165) is 10.5 Å². The molecule has 0 radical (unpaired) electrons. The molecule has 3 N–H and O–H groups in total. The summed E-state index contributed by atoms with van der Waals surface area (Å²) in [7, 11) is -1.59. The summed E-state index contributed by atoms with van der Waals surface area (Å²) in [5.41, 5.74) is 2.00. The second-order valence-corrected chi connectivity index (χ2v) is 11.7. The normalized spacial score (nSPS) is 15.9. The molecule has 14 heteroatoms. The Morgan fingerprint density at radius 2 is 1.83 bits per heavy atom. The van der Waals surface area contributed by atoms with Gasteiger partial charge in [-0.15, -0.1) is 0 Å². The molecule has 1 saturated heterocycles. The zero-order chi connectivity index (χ0) is 33.8. The highest BCUT2D eigenvalue weighted by Gasteiger charge is 2.40. The molecule has 2 heterocycles. The summed E-state index contributed by atoms with van der Waals surface area (Å²) >= 11 is 5.81. The summed E-state index contributed by atoms with van der Waals surface area (Å²) in [6.45, 7) is 0.527. The zero-order valence-corrected chi connectivity index (χ0v) is 26.0. The van der Waals surface area contributed by atoms with Gasteiger partial charge in [0.15, 0.2) is 5.78 Å². The Labute approximate surface area is 274 Å². The number of aryl methyl sites for hydroxylation is 1. The van der Waals surface area contributed by atoms with Crippen LogP contribution in [0.25, 0.3) is 10.9 Å². The van der Waals surface area contributed by atoms with E-state index in [1.807, 2.05) is 0 Å². The number of carbonyl (C=O) groups is 4. The maximum atomic E-state index is 14.6. The van der Waals surface area contributed by atoms with Gasteiger partial charge in [-0.05, 0) is 42.6 Å². The quantitative estimate of drug-likeness (QED) is 0.0969. The van der Waals surface area contributed by atoms with E-state index in [-0.39, 0.29) is 54.6 Å². The van der Waals surface area contributed by atoms with Crippen LogP contribution in [0.15, 0.2) is 66.9 Å². The van der Waals surface area contributed by atoms with Crippen LogP contribution in [0.4, 0.5) is 8.78 Å². The Morgan fingerprint density at radius 1 is 1.09 bits per heavy atom. The highest BCUT2D eigenvalue weighted by atomic mass is 35.5. The lowest BCUT2D eigenvalue weighted by Crippen LogP contribution is -2.46. The van der Waals surface area contributed by atoms with Crippen molar-refractivity contribution in [3.63, 3.8) is 0 Å². The van der Waals surface area contributed by atoms with Crippen LogP contribution in [0.2, 0.25) is 5.02 Å². The number of aromatic nitrogens is 1. The van der Waals surface area contributed by atoms with Crippen LogP contribution in [0.3, 0.4) is 0 Å². The number of Topliss-reactive ketones (excluding diaryl/α,β-unsaturated/α-hetero) is 1. The predicted octanol–water partition coefficient (Wildman–Crippen LogP) is 3.11. The number of ketones is 1. The lowest BCUT2D eigenvalue weighted by molar-refractivity contribution is -0.139. The zero-order valence-electron chi connectivity index (χ0n) is 25.3. The van der Waals surface area contributed by atoms with Gasteiger partial charge in [0.2, 0.25) is 11.8 Å². The molecule has 5 rings (SSSR count). The first-order valence-electron chi connectivity index (χ1n) is 14.8. The lowest BCUT2D eigenvalue weighted by atomic mass is 9.80. The van der Waals surface area contributed by atoms with Gasteiger partial charge < -0.3 is 29.6 Å². The van der Waals surface area contributed by atoms with Gasteiger partial charge in [0.05, 0.1) is 17.1 Å². The summed E-state index contributed by atoms with van der Waals surface area (Å²) in [6, 6.07) is 14.4. The molecule has 2 amide bonds. The topological polar surface area (TPSA) is 138 Å². The molecule has 0 saturated carbocycles. The third-order valence-electron chi connectivity index (χ3n) is 8.02. The highest BCUT2D eigenvalue weighted by Crippen LogP contribution is 2.28. The van der Waals surface area contributed by atoms with E-state index in [4.69, 9.17) is 16.3 Å². The molecule has 1 fully saturated rings. The predicted molar refractivity (Wildman–Crippen MR) is 170 cm³/mol. The summed E-state index contributed by atoms with van der Waals surface area (Å²) in [5.74, 6) is -2.52. The highest BCUT2D eigenvalue weighted by molar-refractivity contribution is 6.58. The Hall–Kier alpha value is -4.59. The molecular weight excluding hydrogens is 635 g/mol. The minimum absolute atomic E-state index is 0.0318. The fourth-order valence-corrected chi connectivity index (χ4v) is 5.76. The first kappa shape index (κ1) is 33.8. The van der Waals surface area contributed by atoms with Crippen molar-refractivity contribution in [2.75, 3.05) is 6.54 Å². The molecule has 1 aliphatic rings. The molecule has 4 aromatic rings. The molecule has 0 bridgehead atoms. The molecule has 2 atom stereocenters. The smallest absolute Gasteiger partial charge is 0.426 e. The van der Waals surface area contributed by atoms with Gasteiger partial charge in [-0.3, -0.25) is 19.2 Å². The molecule has 47 heavy (non-hydrogen) atoms. The van der Waals surface area contributed by atoms with E-state index in [1.54, 1.807) is 30.3 Å². The monoisotopic (exact) mass is 665 g/mol. The third kappa shape index (κ3) is 7.87. The van der Waals surface area contributed by atoms with Crippen molar-refractivity contribution in [3.05, 3.63) is 94.4 Å². The number of amides is 2. The van der Waals surface area contributed by atoms with E-state index < -0.39 is 42.9 Å². The minimum Gasteiger partial charge on any atom is -0.426 e. The van der Waals surface area contributed by atoms with E-state index in [2.05, 4.69) is 5.32 Å². The number of fused-ring (bicyclic) bond motifs is 1. The summed E-state index contributed by atoms with van der Waals surface area (Å²) in [6.07, 6.45) is 0.190. The van der Waals surface area contributed by atoms with Gasteiger partial charge in [-0.25, -0.2) is 8.78 Å². The first-order valence-corrected chi connectivity index (χ1v) is 15.2. The number of alkyl halides is 1. The average Bonchev–Trinajstić information content (AvgIpc) is 3.61. The van der Waals surface area contributed by atoms with Gasteiger partial charge in [-0.2, -0.15) is 0 Å². The van der Waals surface area contributed by atoms with E-state index in [9.17, 15) is 38.0 Å². The number of rotatable bonds is 11. The number of hydrogen-bond acceptors (Lipinski definition) is 7. The first-order chi connectivity index (χ1) is 22.4. The number of carbonyl (C=O) groups excluding carboxylic acids is 4. The summed E-state index contributed by atoms with van der Waals surface area (Å²) < 4.78 is 35.9. The van der Waals surface area contributed by atoms with Crippen molar-refractivity contribution < 1.29 is 42.7 Å². The number of esters is 1. The Kier molecular flexibility index (Phi) is 10.4. The second kappa shape index (κ2) is 14.5. The Bertz CT molecular complexity index is 1830. The van der Waals surface area contributed by atoms with Gasteiger partial charge >= 0.3 is 13.1 Å². The van der Waals surface area contributed by atoms with Gasteiger partial charge in [0.1, 0.15) is 30.3 Å². The van der Waals surface area contributed by atoms with Crippen molar-refractivity contribution in [1.82, 2.24) is 14.8 Å². The minimum atomic E-state index is -1.59. The summed E-state index contributed by atoms with van der Waals surface area (Å²) in [5, 5.41) is 21.4. The van der Waals surface area contributed by atoms with Crippen LogP contribution in [0.1, 0.15) is 41.3 Å². The molecule has 0 spiro atoms. The second-order valence-electron chi connectivity index (χ2n) is 11.3. The Balaban J connectivity index is 1.28. The van der Waals surface area contributed by atoms with Crippen LogP contribution in [0.5, 0.6) is 5.75 Å². The van der Waals surface area contributed by atoms with Crippen molar-refractivity contribution in [1.29, 1.82) is 0 Å². The molecule has 1 aliphatic heterocycles. The van der Waals surface area contributed by atoms with Gasteiger partial charge in [0.25, 0.3) is 0 Å². The largest absolute Gasteiger partial charge is 0.488 e. The van der Waals surface area contributed by atoms with Crippen molar-refractivity contribution in [3.8, 4) is 5.75 Å². The molecular formula is C33H31BClF2N3O7. The maximum absolute atomic E-state index is 14.6. The molecule has 1 aromatic heterocycles. The number of ether oxygens (including phenoxy) is 1. The number of hydrogen-bond donors (Lipinski definition) is 3. The van der Waals surface area contributed by atoms with Crippen molar-refractivity contribution in [2.45, 2.75) is 51.5 Å². The van der Waals surface area contributed by atoms with Crippen LogP contribution in [0, 0.1) is 5.82 Å². The van der Waals surface area contributed by atoms with Crippen LogP contribution in [-0.2, 0) is 33.9 Å². The van der Waals surface area contributed by atoms with Crippen LogP contribution < -0.4 is 15.5 Å². The fourth-order valence-electron chi connectivity index (χ4n) is 5.56. The van der Waals surface area contributed by atoms with E-state index >= 15 is 0 Å².